The number of rotatable bonds is 2. The van der Waals surface area contributed by atoms with Gasteiger partial charge in [-0.25, -0.2) is 4.98 Å². The fourth-order valence-electron chi connectivity index (χ4n) is 1.93. The maximum atomic E-state index is 8.78. The van der Waals surface area contributed by atoms with E-state index in [0.29, 0.717) is 5.56 Å². The third-order valence-corrected chi connectivity index (χ3v) is 2.95. The molecule has 0 N–H and O–H groups in total. The Morgan fingerprint density at radius 2 is 1.58 bits per heavy atom. The molecule has 0 saturated heterocycles. The lowest BCUT2D eigenvalue weighted by Gasteiger charge is -2.01. The first-order chi connectivity index (χ1) is 11.8. The standard InChI is InChI=1S/C16H11N3.C2H6.CH2Cl2/c17-10-13-6-8-15(9-7-13)19-11-16(18-12-19)14-4-2-1-3-5-14;1-2;2-1-3/h1-9,11-12H;1-2H3;1H2. The summed E-state index contributed by atoms with van der Waals surface area (Å²) in [5, 5.41) is 8.98. The van der Waals surface area contributed by atoms with Gasteiger partial charge in [-0.3, -0.25) is 0 Å². The first-order valence-corrected chi connectivity index (χ1v) is 8.57. The van der Waals surface area contributed by atoms with Crippen molar-refractivity contribution in [1.82, 2.24) is 9.55 Å². The van der Waals surface area contributed by atoms with Gasteiger partial charge in [-0.15, -0.1) is 23.2 Å². The molecule has 0 saturated carbocycles. The maximum Gasteiger partial charge on any atom is 0.0999 e. The lowest BCUT2D eigenvalue weighted by molar-refractivity contribution is 1.06. The quantitative estimate of drug-likeness (QED) is 0.537. The molecule has 1 aromatic heterocycles. The number of hydrogen-bond acceptors (Lipinski definition) is 2. The van der Waals surface area contributed by atoms with Crippen LogP contribution in [0.5, 0.6) is 0 Å². The Kier molecular flexibility index (Phi) is 9.29. The molecule has 1 heterocycles. The van der Waals surface area contributed by atoms with E-state index in [-0.39, 0.29) is 5.34 Å². The number of nitrogens with zero attached hydrogens (tertiary/aromatic N) is 3. The first kappa shape index (κ1) is 19.8. The molecule has 5 heteroatoms. The van der Waals surface area contributed by atoms with E-state index in [9.17, 15) is 0 Å². The van der Waals surface area contributed by atoms with Gasteiger partial charge in [0.25, 0.3) is 0 Å². The van der Waals surface area contributed by atoms with Crippen LogP contribution in [0.4, 0.5) is 0 Å². The van der Waals surface area contributed by atoms with E-state index in [2.05, 4.69) is 11.1 Å². The largest absolute Gasteiger partial charge is 0.306 e. The minimum absolute atomic E-state index is 0.194. The van der Waals surface area contributed by atoms with Crippen LogP contribution in [0.25, 0.3) is 16.9 Å². The van der Waals surface area contributed by atoms with Crippen molar-refractivity contribution in [1.29, 1.82) is 5.26 Å². The van der Waals surface area contributed by atoms with Crippen molar-refractivity contribution in [2.45, 2.75) is 13.8 Å². The lowest BCUT2D eigenvalue weighted by atomic mass is 10.2. The Bertz CT molecular complexity index is 744. The SMILES string of the molecule is CC.ClCCl.N#Cc1ccc(-n2cnc(-c3ccccc3)c2)cc1. The van der Waals surface area contributed by atoms with Crippen molar-refractivity contribution < 1.29 is 0 Å². The normalized spacial score (nSPS) is 8.96. The van der Waals surface area contributed by atoms with Gasteiger partial charge >= 0.3 is 0 Å². The Hall–Kier alpha value is -2.28. The average Bonchev–Trinajstić information content (AvgIpc) is 3.15. The second kappa shape index (κ2) is 11.3. The zero-order valence-corrected chi connectivity index (χ0v) is 15.2. The third-order valence-electron chi connectivity index (χ3n) is 2.95. The average molecular weight is 360 g/mol. The number of nitriles is 1. The summed E-state index contributed by atoms with van der Waals surface area (Å²) in [5.74, 6) is 0. The van der Waals surface area contributed by atoms with Gasteiger partial charge in [0.2, 0.25) is 0 Å². The highest BCUT2D eigenvalue weighted by molar-refractivity contribution is 6.40. The maximum absolute atomic E-state index is 8.78. The topological polar surface area (TPSA) is 41.6 Å². The van der Waals surface area contributed by atoms with Crippen LogP contribution in [0.1, 0.15) is 19.4 Å². The molecule has 3 nitrogen and oxygen atoms in total. The van der Waals surface area contributed by atoms with E-state index >= 15 is 0 Å². The Balaban J connectivity index is 0.000000521. The van der Waals surface area contributed by atoms with E-state index < -0.39 is 0 Å². The molecule has 0 spiro atoms. The molecule has 0 bridgehead atoms. The molecular formula is C19H19Cl2N3. The molecule has 0 radical (unpaired) electrons. The molecule has 3 aromatic rings. The lowest BCUT2D eigenvalue weighted by Crippen LogP contribution is -1.89. The molecule has 24 heavy (non-hydrogen) atoms. The van der Waals surface area contributed by atoms with Crippen molar-refractivity contribution >= 4 is 23.2 Å². The summed E-state index contributed by atoms with van der Waals surface area (Å²) in [4.78, 5) is 4.40. The summed E-state index contributed by atoms with van der Waals surface area (Å²) >= 11 is 9.53. The smallest absolute Gasteiger partial charge is 0.0999 e. The Morgan fingerprint density at radius 1 is 1.00 bits per heavy atom. The molecule has 0 aliphatic heterocycles. The van der Waals surface area contributed by atoms with Crippen LogP contribution in [0.2, 0.25) is 0 Å². The molecule has 0 aliphatic carbocycles. The Labute approximate surface area is 153 Å². The highest BCUT2D eigenvalue weighted by Crippen LogP contribution is 2.18. The second-order valence-corrected chi connectivity index (χ2v) is 5.10. The van der Waals surface area contributed by atoms with Gasteiger partial charge in [0.1, 0.15) is 0 Å². The fourth-order valence-corrected chi connectivity index (χ4v) is 1.93. The molecule has 3 rings (SSSR count). The van der Waals surface area contributed by atoms with Gasteiger partial charge in [0.05, 0.1) is 29.0 Å². The molecular weight excluding hydrogens is 341 g/mol. The number of aromatic nitrogens is 2. The van der Waals surface area contributed by atoms with E-state index in [0.717, 1.165) is 16.9 Å². The highest BCUT2D eigenvalue weighted by Gasteiger charge is 2.02. The van der Waals surface area contributed by atoms with Gasteiger partial charge in [-0.2, -0.15) is 5.26 Å². The van der Waals surface area contributed by atoms with Gasteiger partial charge < -0.3 is 4.57 Å². The van der Waals surface area contributed by atoms with Gasteiger partial charge in [-0.05, 0) is 24.3 Å². The zero-order valence-electron chi connectivity index (χ0n) is 13.7. The Morgan fingerprint density at radius 3 is 2.12 bits per heavy atom. The van der Waals surface area contributed by atoms with Crippen LogP contribution in [0.15, 0.2) is 67.1 Å². The summed E-state index contributed by atoms with van der Waals surface area (Å²) in [6, 6.07) is 19.6. The number of halogens is 2. The van der Waals surface area contributed by atoms with E-state index in [4.69, 9.17) is 28.5 Å². The number of hydrogen-bond donors (Lipinski definition) is 0. The molecule has 0 aliphatic rings. The number of imidazole rings is 1. The summed E-state index contributed by atoms with van der Waals surface area (Å²) < 4.78 is 1.95. The minimum atomic E-state index is 0.194. The monoisotopic (exact) mass is 359 g/mol. The highest BCUT2D eigenvalue weighted by atomic mass is 35.5. The predicted molar refractivity (Wildman–Crippen MR) is 102 cm³/mol. The van der Waals surface area contributed by atoms with Crippen LogP contribution in [-0.2, 0) is 0 Å². The van der Waals surface area contributed by atoms with Crippen molar-refractivity contribution in [3.05, 3.63) is 72.7 Å². The predicted octanol–water partition coefficient (Wildman–Crippen LogP) is 5.86. The molecule has 0 fully saturated rings. The minimum Gasteiger partial charge on any atom is -0.306 e. The molecule has 0 amide bonds. The van der Waals surface area contributed by atoms with Crippen molar-refractivity contribution in [2.24, 2.45) is 0 Å². The summed E-state index contributed by atoms with van der Waals surface area (Å²) in [7, 11) is 0. The van der Waals surface area contributed by atoms with Crippen molar-refractivity contribution in [2.75, 3.05) is 5.34 Å². The summed E-state index contributed by atoms with van der Waals surface area (Å²) in [6.07, 6.45) is 3.76. The van der Waals surface area contributed by atoms with Crippen LogP contribution in [0, 0.1) is 11.3 Å². The van der Waals surface area contributed by atoms with E-state index in [1.807, 2.05) is 67.1 Å². The van der Waals surface area contributed by atoms with E-state index in [1.54, 1.807) is 18.5 Å². The number of alkyl halides is 2. The molecule has 124 valence electrons. The van der Waals surface area contributed by atoms with Gasteiger partial charge in [0, 0.05) is 17.4 Å². The summed E-state index contributed by atoms with van der Waals surface area (Å²) in [6.45, 7) is 4.00. The van der Waals surface area contributed by atoms with E-state index in [1.165, 1.54) is 0 Å². The molecule has 2 aromatic carbocycles. The summed E-state index contributed by atoms with van der Waals surface area (Å²) in [5.41, 5.74) is 3.68. The molecule has 0 unspecified atom stereocenters. The first-order valence-electron chi connectivity index (χ1n) is 7.50. The van der Waals surface area contributed by atoms with Gasteiger partial charge in [-0.1, -0.05) is 44.2 Å². The van der Waals surface area contributed by atoms with Crippen LogP contribution >= 0.6 is 23.2 Å². The zero-order chi connectivity index (χ0) is 17.8. The third kappa shape index (κ3) is 5.73. The number of benzene rings is 2. The van der Waals surface area contributed by atoms with Crippen molar-refractivity contribution in [3.63, 3.8) is 0 Å². The van der Waals surface area contributed by atoms with Crippen LogP contribution < -0.4 is 0 Å². The van der Waals surface area contributed by atoms with Crippen LogP contribution in [0.3, 0.4) is 0 Å². The molecule has 0 atom stereocenters. The van der Waals surface area contributed by atoms with Gasteiger partial charge in [0.15, 0.2) is 0 Å². The second-order valence-electron chi connectivity index (χ2n) is 4.29. The fraction of sp³-hybridized carbons (Fsp3) is 0.158. The van der Waals surface area contributed by atoms with Crippen molar-refractivity contribution in [3.8, 4) is 23.0 Å². The van der Waals surface area contributed by atoms with Crippen LogP contribution in [-0.4, -0.2) is 14.9 Å².